The van der Waals surface area contributed by atoms with E-state index >= 15 is 0 Å². The Morgan fingerprint density at radius 1 is 1.12 bits per heavy atom. The molecule has 3 rings (SSSR count). The second-order valence-corrected chi connectivity index (χ2v) is 6.08. The average molecular weight is 347 g/mol. The summed E-state index contributed by atoms with van der Waals surface area (Å²) in [5.41, 5.74) is 9.80. The van der Waals surface area contributed by atoms with Gasteiger partial charge in [0.25, 0.3) is 0 Å². The van der Waals surface area contributed by atoms with E-state index in [1.54, 1.807) is 18.5 Å². The SMILES string of the molecule is Cc1nc(-c2ccncc2)nc(NCCc2cccc(C(N)=O)c2)c1C. The fraction of sp³-hybridized carbons (Fsp3) is 0.200. The minimum atomic E-state index is -0.413. The number of hydrogen-bond donors (Lipinski definition) is 2. The van der Waals surface area contributed by atoms with Gasteiger partial charge in [-0.25, -0.2) is 9.97 Å². The van der Waals surface area contributed by atoms with Crippen molar-refractivity contribution >= 4 is 11.7 Å². The molecule has 0 unspecified atom stereocenters. The first-order valence-electron chi connectivity index (χ1n) is 8.43. The third-order valence-electron chi connectivity index (χ3n) is 4.25. The Hall–Kier alpha value is -3.28. The number of benzene rings is 1. The van der Waals surface area contributed by atoms with Crippen LogP contribution in [0.15, 0.2) is 48.8 Å². The van der Waals surface area contributed by atoms with Gasteiger partial charge in [-0.15, -0.1) is 0 Å². The van der Waals surface area contributed by atoms with E-state index in [1.165, 1.54) is 0 Å². The lowest BCUT2D eigenvalue weighted by molar-refractivity contribution is 0.1000. The highest BCUT2D eigenvalue weighted by atomic mass is 16.1. The molecule has 0 aliphatic heterocycles. The van der Waals surface area contributed by atoms with Crippen LogP contribution in [0.25, 0.3) is 11.4 Å². The Labute approximate surface area is 152 Å². The van der Waals surface area contributed by atoms with Gasteiger partial charge < -0.3 is 11.1 Å². The van der Waals surface area contributed by atoms with Crippen LogP contribution in [0.1, 0.15) is 27.2 Å². The van der Waals surface area contributed by atoms with Gasteiger partial charge in [-0.05, 0) is 50.1 Å². The molecule has 0 fully saturated rings. The molecule has 26 heavy (non-hydrogen) atoms. The molecule has 6 nitrogen and oxygen atoms in total. The van der Waals surface area contributed by atoms with E-state index in [4.69, 9.17) is 5.73 Å². The van der Waals surface area contributed by atoms with E-state index in [0.717, 1.165) is 34.6 Å². The number of hydrogen-bond acceptors (Lipinski definition) is 5. The fourth-order valence-corrected chi connectivity index (χ4v) is 2.64. The monoisotopic (exact) mass is 347 g/mol. The standard InChI is InChI=1S/C20H21N5O/c1-13-14(2)24-20(16-7-9-22-10-8-16)25-19(13)23-11-6-15-4-3-5-17(12-15)18(21)26/h3-5,7-10,12H,6,11H2,1-2H3,(H2,21,26)(H,23,24,25). The van der Waals surface area contributed by atoms with Crippen molar-refractivity contribution in [1.82, 2.24) is 15.0 Å². The molecule has 0 atom stereocenters. The average Bonchev–Trinajstić information content (AvgIpc) is 2.66. The first kappa shape index (κ1) is 17.5. The predicted molar refractivity (Wildman–Crippen MR) is 102 cm³/mol. The summed E-state index contributed by atoms with van der Waals surface area (Å²) in [6, 6.07) is 11.2. The predicted octanol–water partition coefficient (Wildman–Crippen LogP) is 2.91. The number of anilines is 1. The van der Waals surface area contributed by atoms with Crippen LogP contribution in [0.4, 0.5) is 5.82 Å². The van der Waals surface area contributed by atoms with Crippen LogP contribution in [0, 0.1) is 13.8 Å². The summed E-state index contributed by atoms with van der Waals surface area (Å²) in [4.78, 5) is 24.5. The smallest absolute Gasteiger partial charge is 0.248 e. The molecule has 3 N–H and O–H groups in total. The lowest BCUT2D eigenvalue weighted by Crippen LogP contribution is -2.12. The highest BCUT2D eigenvalue weighted by molar-refractivity contribution is 5.92. The zero-order valence-corrected chi connectivity index (χ0v) is 14.9. The molecule has 2 heterocycles. The van der Waals surface area contributed by atoms with Gasteiger partial charge >= 0.3 is 0 Å². The fourth-order valence-electron chi connectivity index (χ4n) is 2.64. The van der Waals surface area contributed by atoms with Crippen molar-refractivity contribution in [2.75, 3.05) is 11.9 Å². The number of nitrogens with zero attached hydrogens (tertiary/aromatic N) is 3. The van der Waals surface area contributed by atoms with Crippen molar-refractivity contribution in [2.24, 2.45) is 5.73 Å². The quantitative estimate of drug-likeness (QED) is 0.715. The number of carbonyl (C=O) groups excluding carboxylic acids is 1. The topological polar surface area (TPSA) is 93.8 Å². The molecule has 3 aromatic rings. The van der Waals surface area contributed by atoms with Crippen molar-refractivity contribution in [3.63, 3.8) is 0 Å². The van der Waals surface area contributed by atoms with Crippen molar-refractivity contribution in [3.8, 4) is 11.4 Å². The number of primary amides is 1. The molecule has 0 bridgehead atoms. The normalized spacial score (nSPS) is 10.5. The molecule has 0 spiro atoms. The molecule has 0 aliphatic carbocycles. The lowest BCUT2D eigenvalue weighted by atomic mass is 10.1. The minimum absolute atomic E-state index is 0.413. The Morgan fingerprint density at radius 3 is 2.62 bits per heavy atom. The van der Waals surface area contributed by atoms with Crippen molar-refractivity contribution in [3.05, 3.63) is 71.2 Å². The lowest BCUT2D eigenvalue weighted by Gasteiger charge is -2.12. The number of pyridine rings is 1. The molecule has 1 aromatic carbocycles. The Kier molecular flexibility index (Phi) is 5.22. The Balaban J connectivity index is 1.74. The molecule has 132 valence electrons. The summed E-state index contributed by atoms with van der Waals surface area (Å²) in [6.07, 6.45) is 4.22. The van der Waals surface area contributed by atoms with Gasteiger partial charge in [0, 0.05) is 41.3 Å². The number of rotatable bonds is 6. The molecule has 0 saturated carbocycles. The van der Waals surface area contributed by atoms with Crippen LogP contribution < -0.4 is 11.1 Å². The van der Waals surface area contributed by atoms with Crippen molar-refractivity contribution < 1.29 is 4.79 Å². The second-order valence-electron chi connectivity index (χ2n) is 6.08. The molecular formula is C20H21N5O. The van der Waals surface area contributed by atoms with Crippen LogP contribution in [-0.2, 0) is 6.42 Å². The number of nitrogens with two attached hydrogens (primary N) is 1. The van der Waals surface area contributed by atoms with E-state index in [1.807, 2.05) is 44.2 Å². The van der Waals surface area contributed by atoms with Crippen molar-refractivity contribution in [1.29, 1.82) is 0 Å². The largest absolute Gasteiger partial charge is 0.369 e. The number of aromatic nitrogens is 3. The molecule has 6 heteroatoms. The van der Waals surface area contributed by atoms with E-state index in [2.05, 4.69) is 20.3 Å². The summed E-state index contributed by atoms with van der Waals surface area (Å²) < 4.78 is 0. The van der Waals surface area contributed by atoms with Gasteiger partial charge in [-0.3, -0.25) is 9.78 Å². The maximum atomic E-state index is 11.3. The Morgan fingerprint density at radius 2 is 1.88 bits per heavy atom. The first-order valence-corrected chi connectivity index (χ1v) is 8.43. The Bertz CT molecular complexity index is 925. The third-order valence-corrected chi connectivity index (χ3v) is 4.25. The number of carbonyl (C=O) groups is 1. The van der Waals surface area contributed by atoms with E-state index < -0.39 is 5.91 Å². The highest BCUT2D eigenvalue weighted by Crippen LogP contribution is 2.21. The van der Waals surface area contributed by atoms with Gasteiger partial charge in [0.05, 0.1) is 0 Å². The molecular weight excluding hydrogens is 326 g/mol. The molecule has 1 amide bonds. The van der Waals surface area contributed by atoms with Crippen LogP contribution in [-0.4, -0.2) is 27.4 Å². The first-order chi connectivity index (χ1) is 12.5. The molecule has 0 saturated heterocycles. The second kappa shape index (κ2) is 7.74. The summed E-state index contributed by atoms with van der Waals surface area (Å²) in [5.74, 6) is 1.08. The van der Waals surface area contributed by atoms with Crippen LogP contribution in [0.2, 0.25) is 0 Å². The van der Waals surface area contributed by atoms with Gasteiger partial charge in [0.15, 0.2) is 5.82 Å². The van der Waals surface area contributed by atoms with E-state index in [9.17, 15) is 4.79 Å². The van der Waals surface area contributed by atoms with E-state index in [-0.39, 0.29) is 0 Å². The maximum absolute atomic E-state index is 11.3. The van der Waals surface area contributed by atoms with Gasteiger partial charge in [0.2, 0.25) is 5.91 Å². The zero-order chi connectivity index (χ0) is 18.5. The zero-order valence-electron chi connectivity index (χ0n) is 14.9. The van der Waals surface area contributed by atoms with Gasteiger partial charge in [-0.2, -0.15) is 0 Å². The summed E-state index contributed by atoms with van der Waals surface area (Å²) >= 11 is 0. The van der Waals surface area contributed by atoms with Gasteiger partial charge in [0.1, 0.15) is 5.82 Å². The minimum Gasteiger partial charge on any atom is -0.369 e. The molecule has 0 radical (unpaired) electrons. The third kappa shape index (κ3) is 4.03. The summed E-state index contributed by atoms with van der Waals surface area (Å²) in [7, 11) is 0. The van der Waals surface area contributed by atoms with E-state index in [0.29, 0.717) is 17.9 Å². The number of nitrogens with one attached hydrogen (secondary N) is 1. The number of aryl methyl sites for hydroxylation is 1. The van der Waals surface area contributed by atoms with Crippen LogP contribution >= 0.6 is 0 Å². The highest BCUT2D eigenvalue weighted by Gasteiger charge is 2.09. The maximum Gasteiger partial charge on any atom is 0.248 e. The van der Waals surface area contributed by atoms with Crippen molar-refractivity contribution in [2.45, 2.75) is 20.3 Å². The molecule has 0 aliphatic rings. The summed E-state index contributed by atoms with van der Waals surface area (Å²) in [6.45, 7) is 4.67. The van der Waals surface area contributed by atoms with Crippen LogP contribution in [0.5, 0.6) is 0 Å². The summed E-state index contributed by atoms with van der Waals surface area (Å²) in [5, 5.41) is 3.38. The number of amides is 1. The van der Waals surface area contributed by atoms with Crippen LogP contribution in [0.3, 0.4) is 0 Å². The molecule has 2 aromatic heterocycles. The van der Waals surface area contributed by atoms with Gasteiger partial charge in [-0.1, -0.05) is 12.1 Å².